The minimum Gasteiger partial charge on any atom is -0.350 e. The zero-order valence-corrected chi connectivity index (χ0v) is 10.3. The zero-order valence-electron chi connectivity index (χ0n) is 9.50. The van der Waals surface area contributed by atoms with Crippen LogP contribution in [0.25, 0.3) is 10.9 Å². The van der Waals surface area contributed by atoms with E-state index in [4.69, 9.17) is 5.73 Å². The number of alkyl halides is 3. The Hall–Kier alpha value is -1.14. The van der Waals surface area contributed by atoms with Crippen LogP contribution < -0.4 is 5.73 Å². The van der Waals surface area contributed by atoms with E-state index in [1.165, 1.54) is 0 Å². The Balaban J connectivity index is 2.20. The van der Waals surface area contributed by atoms with E-state index in [2.05, 4.69) is 4.98 Å². The van der Waals surface area contributed by atoms with Crippen molar-refractivity contribution in [3.8, 4) is 0 Å². The van der Waals surface area contributed by atoms with Gasteiger partial charge in [-0.2, -0.15) is 13.2 Å². The molecular weight excluding hydrogens is 261 g/mol. The standard InChI is InChI=1S/C12H13F3N2S/c13-12(14,15)10(5-6-16)18-11-7-8-3-1-2-4-9(8)17-11/h1-4,7,10,17H,5-6,16H2. The monoisotopic (exact) mass is 274 g/mol. The molecule has 1 unspecified atom stereocenters. The van der Waals surface area contributed by atoms with Crippen LogP contribution in [0.15, 0.2) is 35.4 Å². The van der Waals surface area contributed by atoms with E-state index in [-0.39, 0.29) is 13.0 Å². The SMILES string of the molecule is NCCC(Sc1cc2ccccc2[nH]1)C(F)(F)F. The fourth-order valence-corrected chi connectivity index (χ4v) is 2.76. The summed E-state index contributed by atoms with van der Waals surface area (Å²) in [5.41, 5.74) is 6.07. The largest absolute Gasteiger partial charge is 0.401 e. The van der Waals surface area contributed by atoms with Crippen LogP contribution in [0.4, 0.5) is 13.2 Å². The highest BCUT2D eigenvalue weighted by Crippen LogP contribution is 2.37. The molecule has 6 heteroatoms. The number of halogens is 3. The van der Waals surface area contributed by atoms with Crippen molar-refractivity contribution in [2.24, 2.45) is 5.73 Å². The predicted octanol–water partition coefficient (Wildman–Crippen LogP) is 3.54. The van der Waals surface area contributed by atoms with Gasteiger partial charge in [-0.05, 0) is 25.1 Å². The molecule has 1 aromatic carbocycles. The molecule has 0 aliphatic carbocycles. The van der Waals surface area contributed by atoms with Crippen LogP contribution >= 0.6 is 11.8 Å². The van der Waals surface area contributed by atoms with Crippen molar-refractivity contribution in [2.75, 3.05) is 6.54 Å². The van der Waals surface area contributed by atoms with Crippen molar-refractivity contribution in [1.29, 1.82) is 0 Å². The zero-order chi connectivity index (χ0) is 13.2. The summed E-state index contributed by atoms with van der Waals surface area (Å²) in [4.78, 5) is 2.98. The second kappa shape index (κ2) is 5.24. The molecule has 0 fully saturated rings. The molecule has 98 valence electrons. The van der Waals surface area contributed by atoms with Gasteiger partial charge in [-0.25, -0.2) is 0 Å². The van der Waals surface area contributed by atoms with Crippen molar-refractivity contribution in [3.05, 3.63) is 30.3 Å². The van der Waals surface area contributed by atoms with Crippen LogP contribution in [0.2, 0.25) is 0 Å². The normalized spacial score (nSPS) is 14.0. The molecule has 0 radical (unpaired) electrons. The highest BCUT2D eigenvalue weighted by Gasteiger charge is 2.39. The smallest absolute Gasteiger partial charge is 0.350 e. The first-order valence-corrected chi connectivity index (χ1v) is 6.40. The van der Waals surface area contributed by atoms with Crippen molar-refractivity contribution in [2.45, 2.75) is 22.9 Å². The summed E-state index contributed by atoms with van der Waals surface area (Å²) in [6.45, 7) is 0.0252. The number of fused-ring (bicyclic) bond motifs is 1. The Bertz CT molecular complexity index is 488. The number of rotatable bonds is 4. The summed E-state index contributed by atoms with van der Waals surface area (Å²) in [6.07, 6.45) is -4.31. The number of hydrogen-bond acceptors (Lipinski definition) is 2. The van der Waals surface area contributed by atoms with E-state index < -0.39 is 11.4 Å². The fraction of sp³-hybridized carbons (Fsp3) is 0.333. The number of aromatic amines is 1. The van der Waals surface area contributed by atoms with Gasteiger partial charge in [-0.15, -0.1) is 0 Å². The molecular formula is C12H13F3N2S. The van der Waals surface area contributed by atoms with Crippen LogP contribution in [0.5, 0.6) is 0 Å². The molecule has 1 heterocycles. The summed E-state index contributed by atoms with van der Waals surface area (Å²) < 4.78 is 38.3. The number of hydrogen-bond donors (Lipinski definition) is 2. The highest BCUT2D eigenvalue weighted by molar-refractivity contribution is 8.00. The number of thioether (sulfide) groups is 1. The molecule has 0 saturated heterocycles. The van der Waals surface area contributed by atoms with E-state index in [0.717, 1.165) is 22.7 Å². The van der Waals surface area contributed by atoms with Gasteiger partial charge >= 0.3 is 6.18 Å². The summed E-state index contributed by atoms with van der Waals surface area (Å²) >= 11 is 0.785. The first kappa shape index (κ1) is 13.3. The molecule has 0 spiro atoms. The predicted molar refractivity (Wildman–Crippen MR) is 67.7 cm³/mol. The lowest BCUT2D eigenvalue weighted by atomic mass is 10.3. The number of H-pyrrole nitrogens is 1. The van der Waals surface area contributed by atoms with E-state index in [0.29, 0.717) is 5.03 Å². The average Bonchev–Trinajstić information content (AvgIpc) is 2.69. The number of para-hydroxylation sites is 1. The van der Waals surface area contributed by atoms with Crippen molar-refractivity contribution in [1.82, 2.24) is 4.98 Å². The maximum Gasteiger partial charge on any atom is 0.401 e. The molecule has 0 saturated carbocycles. The Kier molecular flexibility index (Phi) is 3.87. The maximum absolute atomic E-state index is 12.8. The Morgan fingerprint density at radius 2 is 2.00 bits per heavy atom. The van der Waals surface area contributed by atoms with Gasteiger partial charge in [0.2, 0.25) is 0 Å². The Morgan fingerprint density at radius 3 is 2.61 bits per heavy atom. The lowest BCUT2D eigenvalue weighted by Gasteiger charge is -2.18. The highest BCUT2D eigenvalue weighted by atomic mass is 32.2. The fourth-order valence-electron chi connectivity index (χ4n) is 1.70. The maximum atomic E-state index is 12.8. The van der Waals surface area contributed by atoms with E-state index in [9.17, 15) is 13.2 Å². The lowest BCUT2D eigenvalue weighted by Crippen LogP contribution is -2.28. The van der Waals surface area contributed by atoms with Gasteiger partial charge in [0.15, 0.2) is 0 Å². The van der Waals surface area contributed by atoms with Crippen molar-refractivity contribution in [3.63, 3.8) is 0 Å². The summed E-state index contributed by atoms with van der Waals surface area (Å²) in [6, 6.07) is 9.13. The third-order valence-corrected chi connectivity index (χ3v) is 3.83. The first-order valence-electron chi connectivity index (χ1n) is 5.52. The van der Waals surface area contributed by atoms with Gasteiger partial charge in [0.05, 0.1) is 5.03 Å². The molecule has 0 aliphatic heterocycles. The van der Waals surface area contributed by atoms with Crippen molar-refractivity contribution < 1.29 is 13.2 Å². The van der Waals surface area contributed by atoms with Crippen LogP contribution in [-0.2, 0) is 0 Å². The number of aromatic nitrogens is 1. The topological polar surface area (TPSA) is 41.8 Å². The molecule has 2 aromatic rings. The van der Waals surface area contributed by atoms with Gasteiger partial charge in [-0.1, -0.05) is 30.0 Å². The second-order valence-corrected chi connectivity index (χ2v) is 5.19. The summed E-state index contributed by atoms with van der Waals surface area (Å²) in [5.74, 6) is 0. The lowest BCUT2D eigenvalue weighted by molar-refractivity contribution is -0.129. The minimum atomic E-state index is -4.23. The van der Waals surface area contributed by atoms with Crippen LogP contribution in [-0.4, -0.2) is 23.0 Å². The first-order chi connectivity index (χ1) is 8.50. The Morgan fingerprint density at radius 1 is 1.28 bits per heavy atom. The van der Waals surface area contributed by atoms with E-state index in [1.54, 1.807) is 6.07 Å². The third-order valence-electron chi connectivity index (χ3n) is 2.57. The van der Waals surface area contributed by atoms with Gasteiger partial charge in [0, 0.05) is 10.9 Å². The quantitative estimate of drug-likeness (QED) is 0.837. The molecule has 0 bridgehead atoms. The van der Waals surface area contributed by atoms with Crippen LogP contribution in [0.3, 0.4) is 0 Å². The van der Waals surface area contributed by atoms with E-state index in [1.807, 2.05) is 24.3 Å². The van der Waals surface area contributed by atoms with Crippen LogP contribution in [0.1, 0.15) is 6.42 Å². The van der Waals surface area contributed by atoms with Gasteiger partial charge in [0.25, 0.3) is 0 Å². The van der Waals surface area contributed by atoms with Crippen molar-refractivity contribution >= 4 is 22.7 Å². The molecule has 2 nitrogen and oxygen atoms in total. The van der Waals surface area contributed by atoms with Gasteiger partial charge < -0.3 is 10.7 Å². The number of nitrogens with one attached hydrogen (secondary N) is 1. The Labute approximate surface area is 107 Å². The summed E-state index contributed by atoms with van der Waals surface area (Å²) in [5, 5.41) is -0.0313. The molecule has 18 heavy (non-hydrogen) atoms. The number of benzene rings is 1. The minimum absolute atomic E-state index is 0.0252. The third kappa shape index (κ3) is 3.00. The molecule has 0 aliphatic rings. The molecule has 1 aromatic heterocycles. The average molecular weight is 274 g/mol. The molecule has 3 N–H and O–H groups in total. The number of nitrogens with two attached hydrogens (primary N) is 1. The van der Waals surface area contributed by atoms with E-state index >= 15 is 0 Å². The van der Waals surface area contributed by atoms with Crippen LogP contribution in [0, 0.1) is 0 Å². The van der Waals surface area contributed by atoms with Gasteiger partial charge in [0.1, 0.15) is 5.25 Å². The summed E-state index contributed by atoms with van der Waals surface area (Å²) in [7, 11) is 0. The second-order valence-electron chi connectivity index (χ2n) is 3.95. The molecule has 0 amide bonds. The van der Waals surface area contributed by atoms with Gasteiger partial charge in [-0.3, -0.25) is 0 Å². The molecule has 2 rings (SSSR count). The molecule has 1 atom stereocenters.